The highest BCUT2D eigenvalue weighted by Gasteiger charge is 2.39. The van der Waals surface area contributed by atoms with Crippen LogP contribution < -0.4 is 0 Å². The Bertz CT molecular complexity index is 781. The molecule has 0 aliphatic rings. The van der Waals surface area contributed by atoms with Gasteiger partial charge in [0.15, 0.2) is 0 Å². The van der Waals surface area contributed by atoms with Crippen LogP contribution in [0.25, 0.3) is 0 Å². The van der Waals surface area contributed by atoms with E-state index in [-0.39, 0.29) is 10.5 Å². The van der Waals surface area contributed by atoms with Crippen LogP contribution in [0.1, 0.15) is 10.1 Å². The van der Waals surface area contributed by atoms with Crippen molar-refractivity contribution >= 4 is 20.0 Å². The highest BCUT2D eigenvalue weighted by molar-refractivity contribution is 8.06. The summed E-state index contributed by atoms with van der Waals surface area (Å²) in [5, 5.41) is 0. The molecule has 20 heavy (non-hydrogen) atoms. The Kier molecular flexibility index (Phi) is 3.94. The molecule has 0 heterocycles. The van der Waals surface area contributed by atoms with Gasteiger partial charge in [0.1, 0.15) is 0 Å². The predicted octanol–water partition coefficient (Wildman–Crippen LogP) is 2.05. The van der Waals surface area contributed by atoms with E-state index in [9.17, 15) is 21.4 Å². The van der Waals surface area contributed by atoms with Crippen molar-refractivity contribution in [2.24, 2.45) is 0 Å². The van der Waals surface area contributed by atoms with Crippen molar-refractivity contribution < 1.29 is 21.4 Å². The molecule has 0 saturated heterocycles. The SMILES string of the molecule is O=S(=O)(O)C(c1ccccc1)S(=O)(=O)c1ccccc1. The van der Waals surface area contributed by atoms with Crippen LogP contribution in [0.4, 0.5) is 0 Å². The molecule has 0 aromatic heterocycles. The van der Waals surface area contributed by atoms with Crippen molar-refractivity contribution in [2.45, 2.75) is 9.48 Å². The number of hydrogen-bond acceptors (Lipinski definition) is 4. The van der Waals surface area contributed by atoms with Gasteiger partial charge in [-0.2, -0.15) is 8.42 Å². The van der Waals surface area contributed by atoms with Gasteiger partial charge in [-0.15, -0.1) is 0 Å². The summed E-state index contributed by atoms with van der Waals surface area (Å²) in [4.78, 5) is -0.161. The Morgan fingerprint density at radius 2 is 1.20 bits per heavy atom. The maximum atomic E-state index is 12.4. The van der Waals surface area contributed by atoms with Crippen molar-refractivity contribution in [1.82, 2.24) is 0 Å². The smallest absolute Gasteiger partial charge is 0.284 e. The molecule has 7 heteroatoms. The fourth-order valence-corrected chi connectivity index (χ4v) is 5.27. The molecule has 0 saturated carbocycles. The fraction of sp³-hybridized carbons (Fsp3) is 0.0769. The summed E-state index contributed by atoms with van der Waals surface area (Å²) >= 11 is 0. The highest BCUT2D eigenvalue weighted by Crippen LogP contribution is 2.32. The summed E-state index contributed by atoms with van der Waals surface area (Å²) in [5.74, 6) is 0. The number of benzene rings is 2. The van der Waals surface area contributed by atoms with E-state index in [1.807, 2.05) is 0 Å². The van der Waals surface area contributed by atoms with Crippen molar-refractivity contribution in [2.75, 3.05) is 0 Å². The molecular weight excluding hydrogens is 300 g/mol. The van der Waals surface area contributed by atoms with Gasteiger partial charge < -0.3 is 0 Å². The maximum absolute atomic E-state index is 12.4. The molecule has 106 valence electrons. The van der Waals surface area contributed by atoms with Gasteiger partial charge in [0, 0.05) is 0 Å². The van der Waals surface area contributed by atoms with Crippen LogP contribution in [-0.4, -0.2) is 21.4 Å². The van der Waals surface area contributed by atoms with Gasteiger partial charge in [-0.3, -0.25) is 4.55 Å². The Balaban J connectivity index is 2.66. The molecule has 1 unspecified atom stereocenters. The zero-order valence-electron chi connectivity index (χ0n) is 10.2. The highest BCUT2D eigenvalue weighted by atomic mass is 32.3. The Morgan fingerprint density at radius 1 is 0.750 bits per heavy atom. The van der Waals surface area contributed by atoms with Crippen molar-refractivity contribution in [3.05, 3.63) is 66.2 Å². The standard InChI is InChI=1S/C13H12O5S2/c14-19(15,12-9-5-2-6-10-12)13(20(16,17)18)11-7-3-1-4-8-11/h1-10,13H,(H,16,17,18). The normalized spacial score (nSPS) is 13.8. The van der Waals surface area contributed by atoms with E-state index in [0.717, 1.165) is 0 Å². The molecule has 2 aromatic rings. The summed E-state index contributed by atoms with van der Waals surface area (Å²) in [7, 11) is -9.06. The molecule has 0 bridgehead atoms. The molecule has 1 N–H and O–H groups in total. The predicted molar refractivity (Wildman–Crippen MR) is 74.4 cm³/mol. The molecule has 2 aromatic carbocycles. The lowest BCUT2D eigenvalue weighted by Crippen LogP contribution is -2.22. The van der Waals surface area contributed by atoms with Gasteiger partial charge in [0.2, 0.25) is 14.4 Å². The van der Waals surface area contributed by atoms with E-state index in [0.29, 0.717) is 0 Å². The molecule has 1 atom stereocenters. The molecular formula is C13H12O5S2. The lowest BCUT2D eigenvalue weighted by atomic mass is 10.2. The molecule has 0 spiro atoms. The molecule has 0 fully saturated rings. The van der Waals surface area contributed by atoms with E-state index in [1.54, 1.807) is 12.1 Å². The van der Waals surface area contributed by atoms with Gasteiger partial charge in [-0.1, -0.05) is 48.5 Å². The van der Waals surface area contributed by atoms with Crippen LogP contribution in [0.15, 0.2) is 65.6 Å². The minimum absolute atomic E-state index is 0.00106. The second-order valence-electron chi connectivity index (χ2n) is 4.12. The summed E-state index contributed by atoms with van der Waals surface area (Å²) in [6.07, 6.45) is 0. The van der Waals surface area contributed by atoms with Gasteiger partial charge in [-0.05, 0) is 17.7 Å². The van der Waals surface area contributed by atoms with Crippen LogP contribution in [-0.2, 0) is 20.0 Å². The van der Waals surface area contributed by atoms with Gasteiger partial charge in [0.25, 0.3) is 10.1 Å². The zero-order valence-corrected chi connectivity index (χ0v) is 11.9. The third-order valence-corrected chi connectivity index (χ3v) is 6.76. The van der Waals surface area contributed by atoms with Crippen molar-refractivity contribution in [1.29, 1.82) is 0 Å². The van der Waals surface area contributed by atoms with E-state index >= 15 is 0 Å². The summed E-state index contributed by atoms with van der Waals surface area (Å²) in [6, 6.07) is 14.5. The molecule has 0 radical (unpaired) electrons. The number of sulfone groups is 1. The van der Waals surface area contributed by atoms with Crippen LogP contribution >= 0.6 is 0 Å². The number of rotatable bonds is 4. The molecule has 0 amide bonds. The topological polar surface area (TPSA) is 88.5 Å². The molecule has 0 aliphatic heterocycles. The largest absolute Gasteiger partial charge is 0.287 e. The van der Waals surface area contributed by atoms with E-state index in [4.69, 9.17) is 0 Å². The van der Waals surface area contributed by atoms with Crippen LogP contribution in [0, 0.1) is 0 Å². The first-order valence-corrected chi connectivity index (χ1v) is 8.68. The van der Waals surface area contributed by atoms with E-state index in [1.165, 1.54) is 48.5 Å². The Labute approximate surface area is 117 Å². The quantitative estimate of drug-likeness (QED) is 0.873. The zero-order chi connectivity index (χ0) is 14.8. The first kappa shape index (κ1) is 14.7. The van der Waals surface area contributed by atoms with Crippen molar-refractivity contribution in [3.8, 4) is 0 Å². The lowest BCUT2D eigenvalue weighted by molar-refractivity contribution is 0.477. The first-order valence-electron chi connectivity index (χ1n) is 5.63. The monoisotopic (exact) mass is 312 g/mol. The summed E-state index contributed by atoms with van der Waals surface area (Å²) in [6.45, 7) is 0. The molecule has 0 aliphatic carbocycles. The molecule has 5 nitrogen and oxygen atoms in total. The van der Waals surface area contributed by atoms with Crippen LogP contribution in [0.2, 0.25) is 0 Å². The van der Waals surface area contributed by atoms with Crippen LogP contribution in [0.3, 0.4) is 0 Å². The minimum atomic E-state index is -4.81. The first-order chi connectivity index (χ1) is 9.33. The third kappa shape index (κ3) is 2.90. The van der Waals surface area contributed by atoms with Crippen molar-refractivity contribution in [3.63, 3.8) is 0 Å². The second kappa shape index (κ2) is 5.35. The fourth-order valence-electron chi connectivity index (χ4n) is 1.86. The second-order valence-corrected chi connectivity index (χ2v) is 7.95. The third-order valence-electron chi connectivity index (χ3n) is 2.70. The summed E-state index contributed by atoms with van der Waals surface area (Å²) in [5.41, 5.74) is -0.00106. The van der Waals surface area contributed by atoms with E-state index in [2.05, 4.69) is 0 Å². The van der Waals surface area contributed by atoms with Gasteiger partial charge in [-0.25, -0.2) is 8.42 Å². The van der Waals surface area contributed by atoms with Gasteiger partial charge >= 0.3 is 0 Å². The maximum Gasteiger partial charge on any atom is 0.287 e. The summed E-state index contributed by atoms with van der Waals surface area (Å²) < 4.78 is 55.2. The Morgan fingerprint density at radius 3 is 1.65 bits per heavy atom. The molecule has 2 rings (SSSR count). The minimum Gasteiger partial charge on any atom is -0.284 e. The average molecular weight is 312 g/mol. The number of hydrogen-bond donors (Lipinski definition) is 1. The average Bonchev–Trinajstić information content (AvgIpc) is 2.39. The van der Waals surface area contributed by atoms with Crippen LogP contribution in [0.5, 0.6) is 0 Å². The lowest BCUT2D eigenvalue weighted by Gasteiger charge is -2.15. The Hall–Kier alpha value is -1.70. The van der Waals surface area contributed by atoms with E-state index < -0.39 is 24.5 Å². The van der Waals surface area contributed by atoms with Gasteiger partial charge in [0.05, 0.1) is 4.90 Å².